The summed E-state index contributed by atoms with van der Waals surface area (Å²) < 4.78 is 5.17. The fraction of sp³-hybridized carbons (Fsp3) is 0.348. The number of piperidine rings is 1. The van der Waals surface area contributed by atoms with Gasteiger partial charge in [-0.3, -0.25) is 9.79 Å². The van der Waals surface area contributed by atoms with Crippen LogP contribution in [0.3, 0.4) is 0 Å². The molecule has 2 N–H and O–H groups in total. The fourth-order valence-corrected chi connectivity index (χ4v) is 4.10. The van der Waals surface area contributed by atoms with Crippen LogP contribution in [0, 0.1) is 11.3 Å². The van der Waals surface area contributed by atoms with E-state index >= 15 is 0 Å². The number of para-hydroxylation sites is 2. The number of carbonyl (C=O) groups is 1. The number of amides is 1. The average Bonchev–Trinajstić information content (AvgIpc) is 2.79. The highest BCUT2D eigenvalue weighted by Gasteiger charge is 2.44. The number of benzene rings is 2. The summed E-state index contributed by atoms with van der Waals surface area (Å²) in [7, 11) is 1.66. The minimum Gasteiger partial charge on any atom is -0.383 e. The number of hydrogen-bond acceptors (Lipinski definition) is 5. The molecular weight excluding hydrogens is 378 g/mol. The summed E-state index contributed by atoms with van der Waals surface area (Å²) in [5.41, 5.74) is 2.66. The molecule has 2 aromatic rings. The first kappa shape index (κ1) is 19.9. The molecule has 7 nitrogen and oxygen atoms in total. The predicted molar refractivity (Wildman–Crippen MR) is 117 cm³/mol. The molecule has 2 aliphatic rings. The Hall–Kier alpha value is -3.37. The number of anilines is 2. The molecule has 0 radical (unpaired) electrons. The van der Waals surface area contributed by atoms with Crippen molar-refractivity contribution in [3.05, 3.63) is 59.7 Å². The Morgan fingerprint density at radius 1 is 1.23 bits per heavy atom. The number of nitrogens with zero attached hydrogens (tertiary/aromatic N) is 3. The van der Waals surface area contributed by atoms with Gasteiger partial charge in [0.05, 0.1) is 42.7 Å². The van der Waals surface area contributed by atoms with Crippen molar-refractivity contribution in [3.63, 3.8) is 0 Å². The number of nitriles is 1. The van der Waals surface area contributed by atoms with Crippen LogP contribution < -0.4 is 10.6 Å². The first-order valence-electron chi connectivity index (χ1n) is 10.1. The summed E-state index contributed by atoms with van der Waals surface area (Å²) in [6, 6.07) is 16.9. The van der Waals surface area contributed by atoms with Crippen molar-refractivity contribution in [1.82, 2.24) is 4.90 Å². The van der Waals surface area contributed by atoms with Crippen molar-refractivity contribution in [3.8, 4) is 6.07 Å². The maximum Gasteiger partial charge on any atom is 0.253 e. The monoisotopic (exact) mass is 403 g/mol. The lowest BCUT2D eigenvalue weighted by atomic mass is 9.84. The standard InChI is InChI=1S/C23H25N5O2/c1-30-14-12-25-22-23(27-20-6-3-2-5-19(20)26-22)11-4-13-28(16-23)21(29)18-9-7-17(15-24)8-10-18/h2-3,5-10,27H,4,11-14,16H2,1H3,(H,25,26). The number of methoxy groups -OCH3 is 1. The molecule has 0 bridgehead atoms. The molecule has 4 rings (SSSR count). The van der Waals surface area contributed by atoms with Crippen LogP contribution in [0.1, 0.15) is 28.8 Å². The van der Waals surface area contributed by atoms with Gasteiger partial charge in [0.25, 0.3) is 5.91 Å². The van der Waals surface area contributed by atoms with Gasteiger partial charge in [0.1, 0.15) is 11.4 Å². The van der Waals surface area contributed by atoms with Crippen molar-refractivity contribution < 1.29 is 9.53 Å². The van der Waals surface area contributed by atoms with Crippen LogP contribution in [-0.4, -0.2) is 55.5 Å². The summed E-state index contributed by atoms with van der Waals surface area (Å²) in [6.45, 7) is 2.29. The van der Waals surface area contributed by atoms with Crippen molar-refractivity contribution in [1.29, 1.82) is 5.26 Å². The lowest BCUT2D eigenvalue weighted by molar-refractivity contribution is 0.0694. The number of rotatable bonds is 4. The topological polar surface area (TPSA) is 89.8 Å². The van der Waals surface area contributed by atoms with Gasteiger partial charge in [0, 0.05) is 19.2 Å². The van der Waals surface area contributed by atoms with Crippen molar-refractivity contribution >= 4 is 23.1 Å². The van der Waals surface area contributed by atoms with Gasteiger partial charge < -0.3 is 20.3 Å². The Kier molecular flexibility index (Phi) is 5.68. The molecule has 1 amide bonds. The number of ether oxygens (including phenoxy) is 1. The third-order valence-electron chi connectivity index (χ3n) is 5.61. The molecule has 2 heterocycles. The smallest absolute Gasteiger partial charge is 0.253 e. The largest absolute Gasteiger partial charge is 0.383 e. The quantitative estimate of drug-likeness (QED) is 0.766. The zero-order valence-corrected chi connectivity index (χ0v) is 17.0. The number of aliphatic imine (C=N–C) groups is 1. The van der Waals surface area contributed by atoms with E-state index in [1.54, 1.807) is 31.4 Å². The van der Waals surface area contributed by atoms with Gasteiger partial charge >= 0.3 is 0 Å². The highest BCUT2D eigenvalue weighted by molar-refractivity contribution is 6.10. The van der Waals surface area contributed by atoms with E-state index < -0.39 is 5.54 Å². The molecule has 1 spiro atoms. The van der Waals surface area contributed by atoms with Crippen LogP contribution in [0.4, 0.5) is 11.4 Å². The molecule has 2 aromatic carbocycles. The van der Waals surface area contributed by atoms with Crippen molar-refractivity contribution in [2.45, 2.75) is 18.4 Å². The minimum absolute atomic E-state index is 0.0320. The molecule has 154 valence electrons. The maximum absolute atomic E-state index is 13.2. The molecule has 0 aliphatic carbocycles. The number of likely N-dealkylation sites (tertiary alicyclic amines) is 1. The van der Waals surface area contributed by atoms with E-state index in [0.29, 0.717) is 37.4 Å². The second-order valence-corrected chi connectivity index (χ2v) is 7.62. The Morgan fingerprint density at radius 2 is 2.00 bits per heavy atom. The Morgan fingerprint density at radius 3 is 2.73 bits per heavy atom. The number of hydrogen-bond donors (Lipinski definition) is 2. The Balaban J connectivity index is 1.62. The molecule has 1 saturated heterocycles. The van der Waals surface area contributed by atoms with Crippen LogP contribution >= 0.6 is 0 Å². The van der Waals surface area contributed by atoms with E-state index in [4.69, 9.17) is 15.0 Å². The van der Waals surface area contributed by atoms with E-state index in [2.05, 4.69) is 16.7 Å². The molecule has 7 heteroatoms. The van der Waals surface area contributed by atoms with Gasteiger partial charge in [0.15, 0.2) is 0 Å². The average molecular weight is 403 g/mol. The summed E-state index contributed by atoms with van der Waals surface area (Å²) in [5, 5.41) is 16.2. The minimum atomic E-state index is -0.470. The summed E-state index contributed by atoms with van der Waals surface area (Å²) >= 11 is 0. The maximum atomic E-state index is 13.2. The lowest BCUT2D eigenvalue weighted by Gasteiger charge is -2.47. The van der Waals surface area contributed by atoms with E-state index in [1.807, 2.05) is 29.2 Å². The number of carbonyl (C=O) groups excluding carboxylic acids is 1. The summed E-state index contributed by atoms with van der Waals surface area (Å²) in [5.74, 6) is 0.811. The molecule has 1 atom stereocenters. The number of fused-ring (bicyclic) bond motifs is 1. The normalized spacial score (nSPS) is 21.5. The molecule has 0 saturated carbocycles. The van der Waals surface area contributed by atoms with Gasteiger partial charge in [-0.1, -0.05) is 12.1 Å². The SMILES string of the molecule is COCCN=C1Nc2ccccc2NC12CCCN(C(=O)c1ccc(C#N)cc1)C2. The fourth-order valence-electron chi connectivity index (χ4n) is 4.10. The third-order valence-corrected chi connectivity index (χ3v) is 5.61. The molecule has 1 fully saturated rings. The second-order valence-electron chi connectivity index (χ2n) is 7.62. The Bertz CT molecular complexity index is 995. The highest BCUT2D eigenvalue weighted by Crippen LogP contribution is 2.36. The third kappa shape index (κ3) is 3.87. The zero-order chi connectivity index (χ0) is 21.0. The summed E-state index contributed by atoms with van der Waals surface area (Å²) in [4.78, 5) is 19.8. The van der Waals surface area contributed by atoms with Crippen LogP contribution in [0.2, 0.25) is 0 Å². The van der Waals surface area contributed by atoms with Crippen LogP contribution in [0.5, 0.6) is 0 Å². The molecule has 30 heavy (non-hydrogen) atoms. The zero-order valence-electron chi connectivity index (χ0n) is 17.0. The van der Waals surface area contributed by atoms with Gasteiger partial charge in [-0.2, -0.15) is 5.26 Å². The van der Waals surface area contributed by atoms with Crippen LogP contribution in [0.25, 0.3) is 0 Å². The van der Waals surface area contributed by atoms with E-state index in [-0.39, 0.29) is 5.91 Å². The van der Waals surface area contributed by atoms with Gasteiger partial charge in [-0.05, 0) is 49.2 Å². The van der Waals surface area contributed by atoms with Gasteiger partial charge in [-0.15, -0.1) is 0 Å². The molecular formula is C23H25N5O2. The first-order valence-corrected chi connectivity index (χ1v) is 10.1. The van der Waals surface area contributed by atoms with Crippen LogP contribution in [-0.2, 0) is 4.74 Å². The first-order chi connectivity index (χ1) is 14.6. The van der Waals surface area contributed by atoms with Crippen molar-refractivity contribution in [2.24, 2.45) is 4.99 Å². The molecule has 2 aliphatic heterocycles. The lowest BCUT2D eigenvalue weighted by Crippen LogP contribution is -2.62. The van der Waals surface area contributed by atoms with Crippen LogP contribution in [0.15, 0.2) is 53.5 Å². The van der Waals surface area contributed by atoms with Gasteiger partial charge in [-0.25, -0.2) is 0 Å². The van der Waals surface area contributed by atoms with Crippen molar-refractivity contribution in [2.75, 3.05) is 44.0 Å². The number of nitrogens with one attached hydrogen (secondary N) is 2. The van der Waals surface area contributed by atoms with Gasteiger partial charge in [0.2, 0.25) is 0 Å². The van der Waals surface area contributed by atoms with E-state index in [9.17, 15) is 4.79 Å². The summed E-state index contributed by atoms with van der Waals surface area (Å²) in [6.07, 6.45) is 1.74. The molecule has 1 unspecified atom stereocenters. The highest BCUT2D eigenvalue weighted by atomic mass is 16.5. The predicted octanol–water partition coefficient (Wildman–Crippen LogP) is 3.12. The second kappa shape index (κ2) is 8.56. The Labute approximate surface area is 176 Å². The van der Waals surface area contributed by atoms with E-state index in [0.717, 1.165) is 30.1 Å². The molecule has 0 aromatic heterocycles. The van der Waals surface area contributed by atoms with E-state index in [1.165, 1.54) is 0 Å². The number of amidine groups is 1.